The van der Waals surface area contributed by atoms with Crippen molar-refractivity contribution >= 4 is 32.7 Å². The molecule has 0 unspecified atom stereocenters. The number of nitrogens with zero attached hydrogens (tertiary/aromatic N) is 2. The van der Waals surface area contributed by atoms with Crippen molar-refractivity contribution in [2.24, 2.45) is 0 Å². The Hall–Kier alpha value is -1.33. The second kappa shape index (κ2) is 3.85. The fourth-order valence-electron chi connectivity index (χ4n) is 2.15. The zero-order chi connectivity index (χ0) is 12.0. The molecular formula is C12H13BrN4. The lowest BCUT2D eigenvalue weighted by molar-refractivity contribution is 0.797. The Morgan fingerprint density at radius 2 is 2.29 bits per heavy atom. The summed E-state index contributed by atoms with van der Waals surface area (Å²) in [7, 11) is 1.93. The molecule has 0 amide bonds. The molecule has 2 N–H and O–H groups in total. The molecule has 0 radical (unpaired) electrons. The third-order valence-electron chi connectivity index (χ3n) is 2.88. The van der Waals surface area contributed by atoms with Crippen LogP contribution in [0.3, 0.4) is 0 Å². The van der Waals surface area contributed by atoms with Crippen molar-refractivity contribution in [3.05, 3.63) is 34.1 Å². The number of benzene rings is 1. The SMILES string of the molecule is CNCc1cn2c(nc3c(C)cc(Br)cc32)[nH]1. The largest absolute Gasteiger partial charge is 0.326 e. The summed E-state index contributed by atoms with van der Waals surface area (Å²) < 4.78 is 3.18. The zero-order valence-corrected chi connectivity index (χ0v) is 11.3. The van der Waals surface area contributed by atoms with E-state index in [9.17, 15) is 0 Å². The first-order valence-corrected chi connectivity index (χ1v) is 6.29. The predicted molar refractivity (Wildman–Crippen MR) is 72.2 cm³/mol. The van der Waals surface area contributed by atoms with Gasteiger partial charge in [-0.25, -0.2) is 4.98 Å². The van der Waals surface area contributed by atoms with Gasteiger partial charge in [-0.2, -0.15) is 0 Å². The van der Waals surface area contributed by atoms with Gasteiger partial charge in [-0.15, -0.1) is 0 Å². The van der Waals surface area contributed by atoms with Gasteiger partial charge in [0.15, 0.2) is 0 Å². The van der Waals surface area contributed by atoms with E-state index < -0.39 is 0 Å². The van der Waals surface area contributed by atoms with Crippen LogP contribution in [0.5, 0.6) is 0 Å². The molecule has 0 aliphatic carbocycles. The molecular weight excluding hydrogens is 280 g/mol. The number of fused-ring (bicyclic) bond motifs is 3. The number of H-pyrrole nitrogens is 1. The summed E-state index contributed by atoms with van der Waals surface area (Å²) in [5.74, 6) is 0.895. The smallest absolute Gasteiger partial charge is 0.212 e. The average Bonchev–Trinajstić information content (AvgIpc) is 2.77. The Morgan fingerprint density at radius 1 is 1.47 bits per heavy atom. The van der Waals surface area contributed by atoms with Crippen molar-refractivity contribution in [3.63, 3.8) is 0 Å². The maximum atomic E-state index is 4.62. The topological polar surface area (TPSA) is 45.1 Å². The van der Waals surface area contributed by atoms with Crippen LogP contribution < -0.4 is 5.32 Å². The molecule has 17 heavy (non-hydrogen) atoms. The Balaban J connectivity index is 2.32. The first-order valence-electron chi connectivity index (χ1n) is 5.49. The lowest BCUT2D eigenvalue weighted by atomic mass is 10.2. The van der Waals surface area contributed by atoms with E-state index in [1.807, 2.05) is 7.05 Å². The molecule has 0 atom stereocenters. The van der Waals surface area contributed by atoms with Gasteiger partial charge in [-0.3, -0.25) is 4.40 Å². The molecule has 3 rings (SSSR count). The highest BCUT2D eigenvalue weighted by molar-refractivity contribution is 9.10. The molecule has 2 heterocycles. The van der Waals surface area contributed by atoms with Gasteiger partial charge in [0.1, 0.15) is 0 Å². The summed E-state index contributed by atoms with van der Waals surface area (Å²) in [4.78, 5) is 7.92. The molecule has 0 aliphatic rings. The van der Waals surface area contributed by atoms with Gasteiger partial charge in [-0.1, -0.05) is 15.9 Å². The van der Waals surface area contributed by atoms with Crippen LogP contribution >= 0.6 is 15.9 Å². The van der Waals surface area contributed by atoms with Gasteiger partial charge in [0.05, 0.1) is 11.0 Å². The van der Waals surface area contributed by atoms with E-state index in [1.165, 1.54) is 5.56 Å². The minimum atomic E-state index is 0.817. The highest BCUT2D eigenvalue weighted by Gasteiger charge is 2.10. The number of aryl methyl sites for hydroxylation is 1. The molecule has 0 spiro atoms. The lowest BCUT2D eigenvalue weighted by Crippen LogP contribution is -2.04. The van der Waals surface area contributed by atoms with Crippen LogP contribution in [0, 0.1) is 6.92 Å². The Bertz CT molecular complexity index is 695. The number of aromatic nitrogens is 3. The van der Waals surface area contributed by atoms with Crippen LogP contribution in [-0.4, -0.2) is 21.4 Å². The monoisotopic (exact) mass is 292 g/mol. The molecule has 88 valence electrons. The molecule has 2 aromatic heterocycles. The molecule has 1 aromatic carbocycles. The van der Waals surface area contributed by atoms with Crippen molar-refractivity contribution in [1.29, 1.82) is 0 Å². The third kappa shape index (κ3) is 1.66. The van der Waals surface area contributed by atoms with E-state index in [-0.39, 0.29) is 0 Å². The van der Waals surface area contributed by atoms with E-state index in [0.29, 0.717) is 0 Å². The number of hydrogen-bond donors (Lipinski definition) is 2. The first-order chi connectivity index (χ1) is 8.19. The summed E-state index contributed by atoms with van der Waals surface area (Å²) in [5, 5.41) is 3.12. The van der Waals surface area contributed by atoms with Crippen molar-refractivity contribution in [1.82, 2.24) is 19.7 Å². The summed E-state index contributed by atoms with van der Waals surface area (Å²) in [6.07, 6.45) is 2.09. The fourth-order valence-corrected chi connectivity index (χ4v) is 2.71. The van der Waals surface area contributed by atoms with E-state index >= 15 is 0 Å². The standard InChI is InChI=1S/C12H13BrN4/c1-7-3-8(13)4-10-11(7)16-12-15-9(5-14-2)6-17(10)12/h3-4,6,14H,5H2,1-2H3,(H,15,16). The van der Waals surface area contributed by atoms with Crippen molar-refractivity contribution in [2.45, 2.75) is 13.5 Å². The van der Waals surface area contributed by atoms with Gasteiger partial charge in [0.25, 0.3) is 0 Å². The number of aromatic amines is 1. The van der Waals surface area contributed by atoms with E-state index in [0.717, 1.165) is 33.5 Å². The second-order valence-corrected chi connectivity index (χ2v) is 5.12. The van der Waals surface area contributed by atoms with Crippen LogP contribution in [0.25, 0.3) is 16.8 Å². The molecule has 0 bridgehead atoms. The van der Waals surface area contributed by atoms with Gasteiger partial charge in [0.2, 0.25) is 5.78 Å². The maximum absolute atomic E-state index is 4.62. The number of nitrogens with one attached hydrogen (secondary N) is 2. The Kier molecular flexibility index (Phi) is 2.45. The zero-order valence-electron chi connectivity index (χ0n) is 9.71. The predicted octanol–water partition coefficient (Wildman–Crippen LogP) is 2.61. The molecule has 0 saturated heterocycles. The van der Waals surface area contributed by atoms with Crippen LogP contribution in [0.1, 0.15) is 11.3 Å². The van der Waals surface area contributed by atoms with Gasteiger partial charge in [0, 0.05) is 22.9 Å². The van der Waals surface area contributed by atoms with Crippen molar-refractivity contribution in [3.8, 4) is 0 Å². The lowest BCUT2D eigenvalue weighted by Gasteiger charge is -1.97. The molecule has 4 nitrogen and oxygen atoms in total. The summed E-state index contributed by atoms with van der Waals surface area (Å²) >= 11 is 3.53. The van der Waals surface area contributed by atoms with Gasteiger partial charge >= 0.3 is 0 Å². The van der Waals surface area contributed by atoms with Crippen LogP contribution in [-0.2, 0) is 6.54 Å². The number of rotatable bonds is 2. The molecule has 3 aromatic rings. The van der Waals surface area contributed by atoms with E-state index in [1.54, 1.807) is 0 Å². The molecule has 5 heteroatoms. The molecule has 0 fully saturated rings. The quantitative estimate of drug-likeness (QED) is 0.763. The van der Waals surface area contributed by atoms with E-state index in [4.69, 9.17) is 0 Å². The second-order valence-electron chi connectivity index (χ2n) is 4.21. The fraction of sp³-hybridized carbons (Fsp3) is 0.250. The number of imidazole rings is 2. The van der Waals surface area contributed by atoms with Gasteiger partial charge < -0.3 is 10.3 Å². The normalized spacial score (nSPS) is 11.7. The van der Waals surface area contributed by atoms with E-state index in [2.05, 4.69) is 60.9 Å². The minimum absolute atomic E-state index is 0.817. The average molecular weight is 293 g/mol. The van der Waals surface area contributed by atoms with Gasteiger partial charge in [-0.05, 0) is 31.7 Å². The maximum Gasteiger partial charge on any atom is 0.212 e. The number of hydrogen-bond acceptors (Lipinski definition) is 2. The van der Waals surface area contributed by atoms with Crippen LogP contribution in [0.15, 0.2) is 22.8 Å². The third-order valence-corrected chi connectivity index (χ3v) is 3.33. The first kappa shape index (κ1) is 10.8. The summed E-state index contributed by atoms with van der Waals surface area (Å²) in [5.41, 5.74) is 4.50. The molecule has 0 aliphatic heterocycles. The van der Waals surface area contributed by atoms with Crippen LogP contribution in [0.4, 0.5) is 0 Å². The van der Waals surface area contributed by atoms with Crippen molar-refractivity contribution < 1.29 is 0 Å². The molecule has 0 saturated carbocycles. The van der Waals surface area contributed by atoms with Crippen LogP contribution in [0.2, 0.25) is 0 Å². The summed E-state index contributed by atoms with van der Waals surface area (Å²) in [6, 6.07) is 4.18. The Morgan fingerprint density at radius 3 is 3.06 bits per heavy atom. The highest BCUT2D eigenvalue weighted by Crippen LogP contribution is 2.24. The van der Waals surface area contributed by atoms with Crippen molar-refractivity contribution in [2.75, 3.05) is 7.05 Å². The summed E-state index contributed by atoms with van der Waals surface area (Å²) in [6.45, 7) is 2.89. The minimum Gasteiger partial charge on any atom is -0.326 e. The highest BCUT2D eigenvalue weighted by atomic mass is 79.9. The Labute approximate surface area is 107 Å². The number of halogens is 1.